The van der Waals surface area contributed by atoms with Gasteiger partial charge in [-0.15, -0.1) is 11.3 Å². The largest absolute Gasteiger partial charge is 0.339 e. The molecule has 2 aliphatic heterocycles. The zero-order valence-corrected chi connectivity index (χ0v) is 21.7. The topological polar surface area (TPSA) is 43.9 Å². The Kier molecular flexibility index (Phi) is 6.77. The number of hydrogen-bond acceptors (Lipinski definition) is 4. The zero-order valence-electron chi connectivity index (χ0n) is 20.9. The van der Waals surface area contributed by atoms with Gasteiger partial charge in [0.15, 0.2) is 0 Å². The molecule has 1 unspecified atom stereocenters. The summed E-state index contributed by atoms with van der Waals surface area (Å²) in [6.45, 7) is 4.04. The highest BCUT2D eigenvalue weighted by Crippen LogP contribution is 2.37. The van der Waals surface area contributed by atoms with E-state index in [2.05, 4.69) is 52.7 Å². The van der Waals surface area contributed by atoms with Crippen LogP contribution in [0.4, 0.5) is 0 Å². The molecule has 1 aromatic heterocycles. The molecule has 0 spiro atoms. The van der Waals surface area contributed by atoms with Crippen molar-refractivity contribution in [2.75, 3.05) is 39.3 Å². The monoisotopic (exact) mass is 509 g/mol. The Labute approximate surface area is 221 Å². The average molecular weight is 510 g/mol. The van der Waals surface area contributed by atoms with Gasteiger partial charge in [-0.25, -0.2) is 0 Å². The van der Waals surface area contributed by atoms with Gasteiger partial charge in [-0.05, 0) is 51.9 Å². The van der Waals surface area contributed by atoms with Crippen LogP contribution in [-0.4, -0.2) is 65.8 Å². The third-order valence-electron chi connectivity index (χ3n) is 7.71. The zero-order chi connectivity index (χ0) is 25.2. The summed E-state index contributed by atoms with van der Waals surface area (Å²) in [6, 6.07) is 27.1. The molecule has 188 valence electrons. The number of fused-ring (bicyclic) bond motifs is 2. The Balaban J connectivity index is 1.06. The molecule has 0 radical (unpaired) electrons. The Morgan fingerprint density at radius 2 is 1.51 bits per heavy atom. The molecule has 2 amide bonds. The van der Waals surface area contributed by atoms with Gasteiger partial charge in [-0.3, -0.25) is 14.5 Å². The number of benzene rings is 3. The smallest absolute Gasteiger partial charge is 0.253 e. The first-order chi connectivity index (χ1) is 18.2. The molecule has 2 aliphatic rings. The summed E-state index contributed by atoms with van der Waals surface area (Å²) >= 11 is 1.84. The maximum atomic E-state index is 13.2. The van der Waals surface area contributed by atoms with Crippen LogP contribution in [0.15, 0.2) is 84.2 Å². The normalized spacial score (nSPS) is 18.1. The fraction of sp³-hybridized carbons (Fsp3) is 0.290. The number of rotatable bonds is 5. The van der Waals surface area contributed by atoms with E-state index in [1.54, 1.807) is 0 Å². The number of thiophene rings is 1. The van der Waals surface area contributed by atoms with Crippen molar-refractivity contribution in [2.24, 2.45) is 0 Å². The van der Waals surface area contributed by atoms with Gasteiger partial charge in [0, 0.05) is 56.1 Å². The lowest BCUT2D eigenvalue weighted by Crippen LogP contribution is -2.51. The number of nitrogens with zero attached hydrogens (tertiary/aromatic N) is 3. The van der Waals surface area contributed by atoms with Crippen molar-refractivity contribution in [2.45, 2.75) is 18.9 Å². The molecule has 6 heteroatoms. The van der Waals surface area contributed by atoms with E-state index in [1.165, 1.54) is 16.0 Å². The third-order valence-corrected chi connectivity index (χ3v) is 8.71. The highest BCUT2D eigenvalue weighted by Gasteiger charge is 2.31. The molecule has 6 rings (SSSR count). The number of carbonyl (C=O) groups is 2. The SMILES string of the molecule is O=C(CCN1CCc2sccc2C1c1ccccc1)N1CCN(C(=O)c2ccc3ccccc3c2)CC1. The number of carbonyl (C=O) groups excluding carboxylic acids is 2. The molecular formula is C31H31N3O2S. The molecule has 5 nitrogen and oxygen atoms in total. The van der Waals surface area contributed by atoms with E-state index < -0.39 is 0 Å². The van der Waals surface area contributed by atoms with E-state index >= 15 is 0 Å². The minimum Gasteiger partial charge on any atom is -0.339 e. The first-order valence-corrected chi connectivity index (χ1v) is 14.0. The predicted molar refractivity (Wildman–Crippen MR) is 149 cm³/mol. The van der Waals surface area contributed by atoms with Crippen molar-refractivity contribution in [3.63, 3.8) is 0 Å². The number of piperazine rings is 1. The quantitative estimate of drug-likeness (QED) is 0.370. The minimum absolute atomic E-state index is 0.0449. The molecule has 0 bridgehead atoms. The van der Waals surface area contributed by atoms with E-state index in [1.807, 2.05) is 57.5 Å². The van der Waals surface area contributed by atoms with Crippen LogP contribution in [0.3, 0.4) is 0 Å². The van der Waals surface area contributed by atoms with Crippen LogP contribution >= 0.6 is 11.3 Å². The minimum atomic E-state index is 0.0449. The molecule has 1 atom stereocenters. The number of amides is 2. The van der Waals surface area contributed by atoms with Crippen molar-refractivity contribution in [3.05, 3.63) is 106 Å². The summed E-state index contributed by atoms with van der Waals surface area (Å²) < 4.78 is 0. The van der Waals surface area contributed by atoms with Crippen LogP contribution in [-0.2, 0) is 11.2 Å². The van der Waals surface area contributed by atoms with E-state index in [0.717, 1.165) is 30.3 Å². The summed E-state index contributed by atoms with van der Waals surface area (Å²) in [5.41, 5.74) is 3.38. The lowest BCUT2D eigenvalue weighted by molar-refractivity contribution is -0.133. The molecular weight excluding hydrogens is 478 g/mol. The Hall–Kier alpha value is -3.48. The van der Waals surface area contributed by atoms with Crippen LogP contribution in [0.1, 0.15) is 38.8 Å². The predicted octanol–water partition coefficient (Wildman–Crippen LogP) is 5.22. The van der Waals surface area contributed by atoms with E-state index in [0.29, 0.717) is 38.2 Å². The molecule has 0 aliphatic carbocycles. The molecule has 0 N–H and O–H groups in total. The molecule has 0 saturated carbocycles. The first kappa shape index (κ1) is 23.9. The van der Waals surface area contributed by atoms with Crippen molar-refractivity contribution < 1.29 is 9.59 Å². The van der Waals surface area contributed by atoms with Gasteiger partial charge in [0.05, 0.1) is 6.04 Å². The van der Waals surface area contributed by atoms with E-state index in [9.17, 15) is 9.59 Å². The molecule has 1 fully saturated rings. The standard InChI is InChI=1S/C31H31N3O2S/c35-29(13-16-33-15-12-28-27(14-21-37-28)30(33)24-7-2-1-3-8-24)32-17-19-34(20-18-32)31(36)26-11-10-23-6-4-5-9-25(23)22-26/h1-11,14,21-22,30H,12-13,15-20H2. The van der Waals surface area contributed by atoms with Gasteiger partial charge in [0.25, 0.3) is 5.91 Å². The summed E-state index contributed by atoms with van der Waals surface area (Å²) in [4.78, 5) is 34.0. The fourth-order valence-electron chi connectivity index (χ4n) is 5.70. The number of hydrogen-bond donors (Lipinski definition) is 0. The van der Waals surface area contributed by atoms with E-state index in [-0.39, 0.29) is 17.9 Å². The van der Waals surface area contributed by atoms with Gasteiger partial charge < -0.3 is 9.80 Å². The van der Waals surface area contributed by atoms with Gasteiger partial charge in [-0.1, -0.05) is 60.7 Å². The fourth-order valence-corrected chi connectivity index (χ4v) is 6.60. The Bertz CT molecular complexity index is 1410. The first-order valence-electron chi connectivity index (χ1n) is 13.1. The van der Waals surface area contributed by atoms with Gasteiger partial charge in [0.1, 0.15) is 0 Å². The van der Waals surface area contributed by atoms with Crippen molar-refractivity contribution in [1.29, 1.82) is 0 Å². The van der Waals surface area contributed by atoms with Crippen LogP contribution in [0, 0.1) is 0 Å². The molecule has 3 aromatic carbocycles. The van der Waals surface area contributed by atoms with Crippen LogP contribution < -0.4 is 0 Å². The van der Waals surface area contributed by atoms with Crippen LogP contribution in [0.5, 0.6) is 0 Å². The maximum Gasteiger partial charge on any atom is 0.253 e. The van der Waals surface area contributed by atoms with Crippen LogP contribution in [0.25, 0.3) is 10.8 Å². The average Bonchev–Trinajstić information content (AvgIpc) is 3.44. The van der Waals surface area contributed by atoms with Gasteiger partial charge in [0.2, 0.25) is 5.91 Å². The molecule has 3 heterocycles. The van der Waals surface area contributed by atoms with Crippen molar-refractivity contribution in [3.8, 4) is 0 Å². The van der Waals surface area contributed by atoms with Crippen molar-refractivity contribution >= 4 is 33.9 Å². The summed E-state index contributed by atoms with van der Waals surface area (Å²) in [5, 5.41) is 4.39. The Morgan fingerprint density at radius 3 is 2.32 bits per heavy atom. The van der Waals surface area contributed by atoms with Gasteiger partial charge >= 0.3 is 0 Å². The molecule has 4 aromatic rings. The Morgan fingerprint density at radius 1 is 0.784 bits per heavy atom. The van der Waals surface area contributed by atoms with E-state index in [4.69, 9.17) is 0 Å². The highest BCUT2D eigenvalue weighted by atomic mass is 32.1. The van der Waals surface area contributed by atoms with Crippen LogP contribution in [0.2, 0.25) is 0 Å². The third kappa shape index (κ3) is 4.91. The highest BCUT2D eigenvalue weighted by molar-refractivity contribution is 7.10. The summed E-state index contributed by atoms with van der Waals surface area (Å²) in [7, 11) is 0. The summed E-state index contributed by atoms with van der Waals surface area (Å²) in [5.74, 6) is 0.226. The lowest BCUT2D eigenvalue weighted by atomic mass is 9.93. The van der Waals surface area contributed by atoms with Crippen molar-refractivity contribution in [1.82, 2.24) is 14.7 Å². The van der Waals surface area contributed by atoms with Gasteiger partial charge in [-0.2, -0.15) is 0 Å². The maximum absolute atomic E-state index is 13.2. The lowest BCUT2D eigenvalue weighted by Gasteiger charge is -2.38. The second kappa shape index (κ2) is 10.5. The second-order valence-electron chi connectivity index (χ2n) is 9.88. The molecule has 1 saturated heterocycles. The summed E-state index contributed by atoms with van der Waals surface area (Å²) in [6.07, 6.45) is 1.54. The second-order valence-corrected chi connectivity index (χ2v) is 10.9. The molecule has 37 heavy (non-hydrogen) atoms.